The second-order valence-corrected chi connectivity index (χ2v) is 6.02. The highest BCUT2D eigenvalue weighted by atomic mass is 35.5. The van der Waals surface area contributed by atoms with Gasteiger partial charge in [-0.25, -0.2) is 9.37 Å². The zero-order valence-corrected chi connectivity index (χ0v) is 14.5. The van der Waals surface area contributed by atoms with Crippen molar-refractivity contribution in [2.75, 3.05) is 25.0 Å². The van der Waals surface area contributed by atoms with Crippen molar-refractivity contribution in [3.8, 4) is 0 Å². The van der Waals surface area contributed by atoms with Gasteiger partial charge in [0.1, 0.15) is 11.5 Å². The van der Waals surface area contributed by atoms with Crippen LogP contribution in [0, 0.1) is 5.82 Å². The molecule has 0 aliphatic carbocycles. The van der Waals surface area contributed by atoms with Gasteiger partial charge in [-0.1, -0.05) is 29.8 Å². The van der Waals surface area contributed by atoms with Gasteiger partial charge >= 0.3 is 0 Å². The van der Waals surface area contributed by atoms with Crippen LogP contribution in [0.25, 0.3) is 5.65 Å². The van der Waals surface area contributed by atoms with Crippen molar-refractivity contribution in [2.45, 2.75) is 6.42 Å². The first-order chi connectivity index (χ1) is 12.1. The van der Waals surface area contributed by atoms with Crippen LogP contribution in [-0.2, 0) is 0 Å². The lowest BCUT2D eigenvalue weighted by Crippen LogP contribution is -2.29. The topological polar surface area (TPSA) is 49.6 Å². The number of imidazole rings is 1. The second kappa shape index (κ2) is 7.53. The maximum atomic E-state index is 13.7. The highest BCUT2D eigenvalue weighted by molar-refractivity contribution is 6.32. The number of aromatic nitrogens is 2. The molecular weight excluding hydrogens is 343 g/mol. The standard InChI is InChI=1S/C18H18ClFN4O/c1-23(14-8-3-2-7-13(14)20)11-6-10-21-18(25)16-17(19)22-15-9-4-5-12-24(15)16/h2-5,7-9,12H,6,10-11H2,1H3,(H,21,25). The number of pyridine rings is 1. The third-order valence-electron chi connectivity index (χ3n) is 3.92. The number of anilines is 1. The van der Waals surface area contributed by atoms with Gasteiger partial charge in [0, 0.05) is 26.3 Å². The quantitative estimate of drug-likeness (QED) is 0.685. The number of carbonyl (C=O) groups is 1. The van der Waals surface area contributed by atoms with E-state index in [1.807, 2.05) is 24.1 Å². The van der Waals surface area contributed by atoms with Gasteiger partial charge in [0.2, 0.25) is 0 Å². The monoisotopic (exact) mass is 360 g/mol. The Bertz CT molecular complexity index is 896. The lowest BCUT2D eigenvalue weighted by molar-refractivity contribution is 0.0947. The molecule has 0 bridgehead atoms. The summed E-state index contributed by atoms with van der Waals surface area (Å²) in [5.74, 6) is -0.538. The summed E-state index contributed by atoms with van der Waals surface area (Å²) in [6.07, 6.45) is 2.42. The van der Waals surface area contributed by atoms with Crippen molar-refractivity contribution >= 4 is 28.8 Å². The molecule has 130 valence electrons. The van der Waals surface area contributed by atoms with Gasteiger partial charge in [-0.2, -0.15) is 0 Å². The van der Waals surface area contributed by atoms with E-state index in [9.17, 15) is 9.18 Å². The molecule has 0 unspecified atom stereocenters. The molecule has 0 saturated carbocycles. The van der Waals surface area contributed by atoms with Crippen molar-refractivity contribution in [3.63, 3.8) is 0 Å². The molecule has 1 N–H and O–H groups in total. The average Bonchev–Trinajstić information content (AvgIpc) is 2.94. The Morgan fingerprint density at radius 2 is 2.04 bits per heavy atom. The van der Waals surface area contributed by atoms with Crippen LogP contribution in [-0.4, -0.2) is 35.4 Å². The summed E-state index contributed by atoms with van der Waals surface area (Å²) in [6, 6.07) is 12.0. The van der Waals surface area contributed by atoms with E-state index in [0.29, 0.717) is 36.5 Å². The predicted molar refractivity (Wildman–Crippen MR) is 96.8 cm³/mol. The summed E-state index contributed by atoms with van der Waals surface area (Å²) in [5, 5.41) is 3.01. The van der Waals surface area contributed by atoms with Gasteiger partial charge in [-0.05, 0) is 30.7 Å². The molecule has 2 aromatic heterocycles. The van der Waals surface area contributed by atoms with Crippen molar-refractivity contribution in [2.24, 2.45) is 0 Å². The molecule has 0 atom stereocenters. The molecule has 25 heavy (non-hydrogen) atoms. The summed E-state index contributed by atoms with van der Waals surface area (Å²) in [7, 11) is 1.82. The number of para-hydroxylation sites is 1. The molecular formula is C18H18ClFN4O. The van der Waals surface area contributed by atoms with Gasteiger partial charge < -0.3 is 10.2 Å². The Balaban J connectivity index is 1.56. The molecule has 3 rings (SSSR count). The molecule has 0 aliphatic rings. The number of benzene rings is 1. The van der Waals surface area contributed by atoms with Crippen LogP contribution in [0.4, 0.5) is 10.1 Å². The molecule has 5 nitrogen and oxygen atoms in total. The normalized spacial score (nSPS) is 10.8. The van der Waals surface area contributed by atoms with Crippen LogP contribution < -0.4 is 10.2 Å². The molecule has 1 aromatic carbocycles. The number of carbonyl (C=O) groups excluding carboxylic acids is 1. The Hall–Kier alpha value is -2.60. The minimum absolute atomic E-state index is 0.173. The number of rotatable bonds is 6. The minimum atomic E-state index is -0.280. The molecule has 0 radical (unpaired) electrons. The Kier molecular flexibility index (Phi) is 5.19. The summed E-state index contributed by atoms with van der Waals surface area (Å²) in [4.78, 5) is 18.4. The molecule has 0 aliphatic heterocycles. The summed E-state index contributed by atoms with van der Waals surface area (Å²) < 4.78 is 15.4. The van der Waals surface area contributed by atoms with Gasteiger partial charge in [0.25, 0.3) is 5.91 Å². The van der Waals surface area contributed by atoms with E-state index < -0.39 is 0 Å². The van der Waals surface area contributed by atoms with E-state index in [2.05, 4.69) is 10.3 Å². The van der Waals surface area contributed by atoms with E-state index >= 15 is 0 Å². The van der Waals surface area contributed by atoms with E-state index in [1.165, 1.54) is 6.07 Å². The Labute approximate surface area is 150 Å². The first kappa shape index (κ1) is 17.2. The number of fused-ring (bicyclic) bond motifs is 1. The Morgan fingerprint density at radius 3 is 2.84 bits per heavy atom. The number of amides is 1. The number of halogens is 2. The van der Waals surface area contributed by atoms with Crippen LogP contribution >= 0.6 is 11.6 Å². The minimum Gasteiger partial charge on any atom is -0.372 e. The highest BCUT2D eigenvalue weighted by Crippen LogP contribution is 2.18. The lowest BCUT2D eigenvalue weighted by Gasteiger charge is -2.19. The van der Waals surface area contributed by atoms with Crippen LogP contribution in [0.5, 0.6) is 0 Å². The van der Waals surface area contributed by atoms with Crippen LogP contribution in [0.2, 0.25) is 5.15 Å². The van der Waals surface area contributed by atoms with Crippen LogP contribution in [0.3, 0.4) is 0 Å². The number of nitrogens with one attached hydrogen (secondary N) is 1. The van der Waals surface area contributed by atoms with Gasteiger partial charge in [-0.3, -0.25) is 9.20 Å². The smallest absolute Gasteiger partial charge is 0.271 e. The number of hydrogen-bond donors (Lipinski definition) is 1. The highest BCUT2D eigenvalue weighted by Gasteiger charge is 2.17. The first-order valence-corrected chi connectivity index (χ1v) is 8.32. The van der Waals surface area contributed by atoms with Crippen molar-refractivity contribution in [3.05, 3.63) is 65.3 Å². The molecule has 0 spiro atoms. The molecule has 7 heteroatoms. The zero-order chi connectivity index (χ0) is 17.8. The largest absolute Gasteiger partial charge is 0.372 e. The molecule has 0 saturated heterocycles. The first-order valence-electron chi connectivity index (χ1n) is 7.94. The van der Waals surface area contributed by atoms with Crippen molar-refractivity contribution in [1.82, 2.24) is 14.7 Å². The van der Waals surface area contributed by atoms with Crippen LogP contribution in [0.1, 0.15) is 16.9 Å². The SMILES string of the molecule is CN(CCCNC(=O)c1c(Cl)nc2ccccn12)c1ccccc1F. The maximum Gasteiger partial charge on any atom is 0.271 e. The molecule has 1 amide bonds. The maximum absolute atomic E-state index is 13.7. The van der Waals surface area contributed by atoms with Crippen molar-refractivity contribution in [1.29, 1.82) is 0 Å². The fourth-order valence-electron chi connectivity index (χ4n) is 2.65. The average molecular weight is 361 g/mol. The third kappa shape index (κ3) is 3.74. The number of hydrogen-bond acceptors (Lipinski definition) is 3. The van der Waals surface area contributed by atoms with E-state index in [0.717, 1.165) is 0 Å². The van der Waals surface area contributed by atoms with Gasteiger partial charge in [-0.15, -0.1) is 0 Å². The fourth-order valence-corrected chi connectivity index (χ4v) is 2.92. The van der Waals surface area contributed by atoms with Crippen molar-refractivity contribution < 1.29 is 9.18 Å². The van der Waals surface area contributed by atoms with E-state index in [4.69, 9.17) is 11.6 Å². The third-order valence-corrected chi connectivity index (χ3v) is 4.19. The van der Waals surface area contributed by atoms with Gasteiger partial charge in [0.15, 0.2) is 10.8 Å². The predicted octanol–water partition coefficient (Wildman–Crippen LogP) is 3.38. The van der Waals surface area contributed by atoms with E-state index in [1.54, 1.807) is 34.9 Å². The second-order valence-electron chi connectivity index (χ2n) is 5.66. The van der Waals surface area contributed by atoms with Crippen LogP contribution in [0.15, 0.2) is 48.7 Å². The summed E-state index contributed by atoms with van der Waals surface area (Å²) in [6.45, 7) is 1.07. The molecule has 2 heterocycles. The lowest BCUT2D eigenvalue weighted by atomic mass is 10.2. The molecule has 0 fully saturated rings. The van der Waals surface area contributed by atoms with E-state index in [-0.39, 0.29) is 16.9 Å². The fraction of sp³-hybridized carbons (Fsp3) is 0.222. The molecule has 3 aromatic rings. The summed E-state index contributed by atoms with van der Waals surface area (Å²) >= 11 is 6.08. The number of nitrogens with zero attached hydrogens (tertiary/aromatic N) is 3. The summed E-state index contributed by atoms with van der Waals surface area (Å²) in [5.41, 5.74) is 1.48. The van der Waals surface area contributed by atoms with Gasteiger partial charge in [0.05, 0.1) is 5.69 Å². The zero-order valence-electron chi connectivity index (χ0n) is 13.7. The Morgan fingerprint density at radius 1 is 1.28 bits per heavy atom.